The second kappa shape index (κ2) is 7.52. The molecule has 0 bridgehead atoms. The molecule has 0 spiro atoms. The van der Waals surface area contributed by atoms with Crippen LogP contribution in [-0.2, 0) is 0 Å². The van der Waals surface area contributed by atoms with Crippen LogP contribution in [0, 0.1) is 0 Å². The second-order valence-corrected chi connectivity index (χ2v) is 4.90. The average molecular weight is 291 g/mol. The summed E-state index contributed by atoms with van der Waals surface area (Å²) >= 11 is 0. The molecule has 0 saturated heterocycles. The lowest BCUT2D eigenvalue weighted by molar-refractivity contribution is 0.197. The molecule has 0 radical (unpaired) electrons. The molecule has 0 heterocycles. The highest BCUT2D eigenvalue weighted by Crippen LogP contribution is 2.32. The summed E-state index contributed by atoms with van der Waals surface area (Å²) in [7, 11) is 0. The van der Waals surface area contributed by atoms with Gasteiger partial charge in [-0.1, -0.05) is 0 Å². The molecule has 1 aromatic rings. The van der Waals surface area contributed by atoms with E-state index in [0.29, 0.717) is 12.4 Å². The van der Waals surface area contributed by atoms with Crippen molar-refractivity contribution < 1.29 is 14.3 Å². The van der Waals surface area contributed by atoms with Crippen molar-refractivity contribution in [2.24, 2.45) is 10.8 Å². The van der Waals surface area contributed by atoms with Crippen LogP contribution < -0.4 is 20.6 Å². The van der Waals surface area contributed by atoms with Crippen molar-refractivity contribution in [2.75, 3.05) is 6.61 Å². The Morgan fingerprint density at radius 1 is 1.43 bits per heavy atom. The maximum Gasteiger partial charge on any atom is 0.332 e. The van der Waals surface area contributed by atoms with Gasteiger partial charge < -0.3 is 15.2 Å². The van der Waals surface area contributed by atoms with Crippen LogP contribution >= 0.6 is 0 Å². The lowest BCUT2D eigenvalue weighted by atomic mass is 10.2. The molecule has 0 aliphatic heterocycles. The van der Waals surface area contributed by atoms with Crippen molar-refractivity contribution in [1.29, 1.82) is 0 Å². The topological polar surface area (TPSA) is 85.9 Å². The lowest BCUT2D eigenvalue weighted by Crippen LogP contribution is -2.24. The molecule has 1 saturated carbocycles. The van der Waals surface area contributed by atoms with Gasteiger partial charge in [-0.3, -0.25) is 0 Å². The van der Waals surface area contributed by atoms with E-state index >= 15 is 0 Å². The van der Waals surface area contributed by atoms with Gasteiger partial charge in [0.15, 0.2) is 11.5 Å². The molecule has 0 unspecified atom stereocenters. The average Bonchev–Trinajstić information content (AvgIpc) is 2.94. The van der Waals surface area contributed by atoms with Gasteiger partial charge in [-0.15, -0.1) is 0 Å². The molecule has 0 aromatic heterocycles. The molecule has 1 aromatic carbocycles. The monoisotopic (exact) mass is 291 g/mol. The SMILES string of the molecule is CCOc1cc(C=NNC(N)=O)ccc1OC1CCCC1. The second-order valence-electron chi connectivity index (χ2n) is 4.90. The summed E-state index contributed by atoms with van der Waals surface area (Å²) in [5.41, 5.74) is 7.89. The third-order valence-corrected chi connectivity index (χ3v) is 3.25. The number of carbonyl (C=O) groups is 1. The molecule has 0 atom stereocenters. The molecule has 6 nitrogen and oxygen atoms in total. The fourth-order valence-electron chi connectivity index (χ4n) is 2.33. The minimum atomic E-state index is -0.697. The van der Waals surface area contributed by atoms with E-state index in [-0.39, 0.29) is 6.10 Å². The number of carbonyl (C=O) groups excluding carboxylic acids is 1. The van der Waals surface area contributed by atoms with Gasteiger partial charge in [-0.05, 0) is 56.4 Å². The van der Waals surface area contributed by atoms with E-state index in [1.165, 1.54) is 19.1 Å². The first-order valence-corrected chi connectivity index (χ1v) is 7.21. The predicted molar refractivity (Wildman–Crippen MR) is 80.8 cm³/mol. The quantitative estimate of drug-likeness (QED) is 0.623. The number of ether oxygens (including phenoxy) is 2. The summed E-state index contributed by atoms with van der Waals surface area (Å²) < 4.78 is 11.6. The Kier molecular flexibility index (Phi) is 5.43. The molecule has 1 fully saturated rings. The molecule has 6 heteroatoms. The van der Waals surface area contributed by atoms with Gasteiger partial charge in [0.2, 0.25) is 0 Å². The van der Waals surface area contributed by atoms with Crippen molar-refractivity contribution in [2.45, 2.75) is 38.7 Å². The van der Waals surface area contributed by atoms with Crippen LogP contribution in [-0.4, -0.2) is 25.0 Å². The Bertz CT molecular complexity index is 511. The summed E-state index contributed by atoms with van der Waals surface area (Å²) in [6.45, 7) is 2.48. The van der Waals surface area contributed by atoms with Crippen LogP contribution in [0.4, 0.5) is 4.79 Å². The van der Waals surface area contributed by atoms with Crippen molar-refractivity contribution in [3.05, 3.63) is 23.8 Å². The molecular weight excluding hydrogens is 270 g/mol. The van der Waals surface area contributed by atoms with Crippen molar-refractivity contribution in [1.82, 2.24) is 5.43 Å². The third-order valence-electron chi connectivity index (χ3n) is 3.25. The molecule has 1 aliphatic rings. The largest absolute Gasteiger partial charge is 0.490 e. The number of amides is 2. The van der Waals surface area contributed by atoms with Crippen LogP contribution in [0.2, 0.25) is 0 Å². The Morgan fingerprint density at radius 3 is 2.86 bits per heavy atom. The Balaban J connectivity index is 2.09. The lowest BCUT2D eigenvalue weighted by Gasteiger charge is -2.16. The normalized spacial score (nSPS) is 15.3. The number of urea groups is 1. The van der Waals surface area contributed by atoms with E-state index < -0.39 is 6.03 Å². The number of hydrogen-bond acceptors (Lipinski definition) is 4. The van der Waals surface area contributed by atoms with Gasteiger partial charge in [-0.2, -0.15) is 5.10 Å². The number of nitrogens with two attached hydrogens (primary N) is 1. The van der Waals surface area contributed by atoms with Gasteiger partial charge in [0.25, 0.3) is 0 Å². The number of benzene rings is 1. The van der Waals surface area contributed by atoms with Gasteiger partial charge in [0.1, 0.15) is 0 Å². The molecule has 1 aliphatic carbocycles. The molecule has 2 amide bonds. The van der Waals surface area contributed by atoms with Crippen molar-refractivity contribution in [3.8, 4) is 11.5 Å². The van der Waals surface area contributed by atoms with Gasteiger partial charge >= 0.3 is 6.03 Å². The first kappa shape index (κ1) is 15.2. The predicted octanol–water partition coefficient (Wildman–Crippen LogP) is 2.41. The van der Waals surface area contributed by atoms with E-state index in [2.05, 4.69) is 10.5 Å². The number of rotatable bonds is 6. The molecule has 2 rings (SSSR count). The number of primary amides is 1. The highest BCUT2D eigenvalue weighted by Gasteiger charge is 2.18. The first-order chi connectivity index (χ1) is 10.2. The zero-order valence-electron chi connectivity index (χ0n) is 12.2. The minimum absolute atomic E-state index is 0.278. The summed E-state index contributed by atoms with van der Waals surface area (Å²) in [5.74, 6) is 1.44. The highest BCUT2D eigenvalue weighted by atomic mass is 16.5. The summed E-state index contributed by atoms with van der Waals surface area (Å²) in [6, 6.07) is 4.87. The van der Waals surface area contributed by atoms with Gasteiger partial charge in [0.05, 0.1) is 18.9 Å². The maximum atomic E-state index is 10.6. The molecule has 114 valence electrons. The molecule has 21 heavy (non-hydrogen) atoms. The van der Waals surface area contributed by atoms with Crippen LogP contribution in [0.5, 0.6) is 11.5 Å². The molecule has 3 N–H and O–H groups in total. The van der Waals surface area contributed by atoms with E-state index in [4.69, 9.17) is 15.2 Å². The third kappa shape index (κ3) is 4.66. The first-order valence-electron chi connectivity index (χ1n) is 7.21. The molecular formula is C15H21N3O3. The number of nitrogens with zero attached hydrogens (tertiary/aromatic N) is 1. The van der Waals surface area contributed by atoms with E-state index in [9.17, 15) is 4.79 Å². The fourth-order valence-corrected chi connectivity index (χ4v) is 2.33. The maximum absolute atomic E-state index is 10.6. The van der Waals surface area contributed by atoms with Crippen LogP contribution in [0.15, 0.2) is 23.3 Å². The van der Waals surface area contributed by atoms with Crippen molar-refractivity contribution >= 4 is 12.2 Å². The van der Waals surface area contributed by atoms with E-state index in [0.717, 1.165) is 24.2 Å². The smallest absolute Gasteiger partial charge is 0.332 e. The van der Waals surface area contributed by atoms with E-state index in [1.807, 2.05) is 25.1 Å². The Morgan fingerprint density at radius 2 is 2.19 bits per heavy atom. The Hall–Kier alpha value is -2.24. The zero-order chi connectivity index (χ0) is 15.1. The fraction of sp³-hybridized carbons (Fsp3) is 0.467. The zero-order valence-corrected chi connectivity index (χ0v) is 12.2. The van der Waals surface area contributed by atoms with Gasteiger partial charge in [-0.25, -0.2) is 10.2 Å². The Labute approximate surface area is 124 Å². The van der Waals surface area contributed by atoms with Crippen molar-refractivity contribution in [3.63, 3.8) is 0 Å². The summed E-state index contributed by atoms with van der Waals surface area (Å²) in [4.78, 5) is 10.6. The van der Waals surface area contributed by atoms with Crippen LogP contribution in [0.25, 0.3) is 0 Å². The number of hydrazone groups is 1. The highest BCUT2D eigenvalue weighted by molar-refractivity contribution is 5.82. The van der Waals surface area contributed by atoms with Crippen LogP contribution in [0.3, 0.4) is 0 Å². The number of hydrogen-bond donors (Lipinski definition) is 2. The minimum Gasteiger partial charge on any atom is -0.490 e. The number of nitrogens with one attached hydrogen (secondary N) is 1. The van der Waals surface area contributed by atoms with E-state index in [1.54, 1.807) is 0 Å². The summed E-state index contributed by atoms with van der Waals surface area (Å²) in [6.07, 6.45) is 6.41. The van der Waals surface area contributed by atoms with Crippen LogP contribution in [0.1, 0.15) is 38.2 Å². The standard InChI is InChI=1S/C15H21N3O3/c1-2-20-14-9-11(10-17-18-15(16)19)7-8-13(14)21-12-5-3-4-6-12/h7-10,12H,2-6H2,1H3,(H3,16,18,19). The van der Waals surface area contributed by atoms with Gasteiger partial charge in [0, 0.05) is 0 Å². The summed E-state index contributed by atoms with van der Waals surface area (Å²) in [5, 5.41) is 3.73.